The zero-order valence-corrected chi connectivity index (χ0v) is 16.4. The summed E-state index contributed by atoms with van der Waals surface area (Å²) in [7, 11) is 0.438. The lowest BCUT2D eigenvalue weighted by molar-refractivity contribution is 0.0924. The fourth-order valence-electron chi connectivity index (χ4n) is 3.16. The summed E-state index contributed by atoms with van der Waals surface area (Å²) >= 11 is 0. The third-order valence-corrected chi connectivity index (χ3v) is 6.73. The van der Waals surface area contributed by atoms with Crippen LogP contribution in [-0.2, 0) is 10.0 Å². The second-order valence-corrected chi connectivity index (χ2v) is 8.84. The molecule has 1 N–H and O–H groups in total. The quantitative estimate of drug-likeness (QED) is 0.855. The molecule has 3 rings (SSSR count). The molecule has 0 bridgehead atoms. The molecule has 1 fully saturated rings. The highest BCUT2D eigenvalue weighted by molar-refractivity contribution is 7.89. The van der Waals surface area contributed by atoms with E-state index in [1.807, 2.05) is 31.1 Å². The van der Waals surface area contributed by atoms with Crippen LogP contribution >= 0.6 is 0 Å². The van der Waals surface area contributed by atoms with Crippen LogP contribution in [0.2, 0.25) is 0 Å². The zero-order chi connectivity index (χ0) is 19.4. The summed E-state index contributed by atoms with van der Waals surface area (Å²) in [6.07, 6.45) is 1.21. The van der Waals surface area contributed by atoms with Gasteiger partial charge in [0.25, 0.3) is 5.91 Å². The number of anilines is 1. The molecule has 6 nitrogen and oxygen atoms in total. The molecule has 0 spiro atoms. The number of carbonyl (C=O) groups is 1. The van der Waals surface area contributed by atoms with Crippen LogP contribution in [0.15, 0.2) is 59.5 Å². The van der Waals surface area contributed by atoms with Crippen molar-refractivity contribution in [2.75, 3.05) is 32.1 Å². The first-order valence-electron chi connectivity index (χ1n) is 9.01. The Balaban J connectivity index is 1.57. The first-order chi connectivity index (χ1) is 12.9. The van der Waals surface area contributed by atoms with E-state index in [1.165, 1.54) is 4.31 Å². The maximum Gasteiger partial charge on any atom is 0.251 e. The van der Waals surface area contributed by atoms with Gasteiger partial charge in [0.1, 0.15) is 0 Å². The average molecular weight is 388 g/mol. The van der Waals surface area contributed by atoms with Crippen LogP contribution in [0.5, 0.6) is 0 Å². The minimum absolute atomic E-state index is 0.0201. The van der Waals surface area contributed by atoms with Crippen molar-refractivity contribution in [1.82, 2.24) is 9.62 Å². The van der Waals surface area contributed by atoms with Crippen LogP contribution in [0.4, 0.5) is 5.69 Å². The molecule has 1 aliphatic rings. The minimum Gasteiger partial charge on any atom is -0.378 e. The first kappa shape index (κ1) is 19.4. The number of hydrogen-bond donors (Lipinski definition) is 1. The van der Waals surface area contributed by atoms with E-state index in [-0.39, 0.29) is 11.9 Å². The summed E-state index contributed by atoms with van der Waals surface area (Å²) in [5, 5.41) is 3.02. The first-order valence-corrected chi connectivity index (χ1v) is 10.5. The second-order valence-electron chi connectivity index (χ2n) is 6.91. The van der Waals surface area contributed by atoms with Crippen molar-refractivity contribution < 1.29 is 13.2 Å². The molecule has 0 saturated carbocycles. The van der Waals surface area contributed by atoms with E-state index in [4.69, 9.17) is 0 Å². The van der Waals surface area contributed by atoms with Gasteiger partial charge in [0, 0.05) is 44.5 Å². The molecule has 0 radical (unpaired) electrons. The number of amides is 1. The normalized spacial score (nSPS) is 16.1. The van der Waals surface area contributed by atoms with Gasteiger partial charge >= 0.3 is 0 Å². The van der Waals surface area contributed by atoms with E-state index in [9.17, 15) is 13.2 Å². The molecule has 0 unspecified atom stereocenters. The molecule has 7 heteroatoms. The van der Waals surface area contributed by atoms with E-state index in [1.54, 1.807) is 42.5 Å². The number of sulfonamides is 1. The fourth-order valence-corrected chi connectivity index (χ4v) is 4.65. The summed E-state index contributed by atoms with van der Waals surface area (Å²) in [6.45, 7) is 0.809. The molecular formula is C20H25N3O3S. The highest BCUT2D eigenvalue weighted by Crippen LogP contribution is 2.21. The number of piperidine rings is 1. The zero-order valence-electron chi connectivity index (χ0n) is 15.6. The SMILES string of the molecule is CN(C)c1ccc(C(=O)NC2CCN(S(=O)(=O)c3ccccc3)CC2)cc1. The number of benzene rings is 2. The van der Waals surface area contributed by atoms with Crippen molar-refractivity contribution in [2.45, 2.75) is 23.8 Å². The molecule has 144 valence electrons. The maximum absolute atomic E-state index is 12.7. The molecule has 1 saturated heterocycles. The second kappa shape index (κ2) is 8.10. The number of carbonyl (C=O) groups excluding carboxylic acids is 1. The summed E-state index contributed by atoms with van der Waals surface area (Å²) in [4.78, 5) is 14.7. The van der Waals surface area contributed by atoms with Crippen LogP contribution in [-0.4, -0.2) is 51.9 Å². The van der Waals surface area contributed by atoms with Gasteiger partial charge in [-0.05, 0) is 49.2 Å². The number of nitrogens with zero attached hydrogens (tertiary/aromatic N) is 2. The third-order valence-electron chi connectivity index (χ3n) is 4.82. The van der Waals surface area contributed by atoms with Crippen molar-refractivity contribution >= 4 is 21.6 Å². The number of rotatable bonds is 5. The van der Waals surface area contributed by atoms with Crippen molar-refractivity contribution in [2.24, 2.45) is 0 Å². The van der Waals surface area contributed by atoms with E-state index >= 15 is 0 Å². The fraction of sp³-hybridized carbons (Fsp3) is 0.350. The van der Waals surface area contributed by atoms with Crippen molar-refractivity contribution in [3.8, 4) is 0 Å². The van der Waals surface area contributed by atoms with Gasteiger partial charge in [-0.3, -0.25) is 4.79 Å². The number of nitrogens with one attached hydrogen (secondary N) is 1. The largest absolute Gasteiger partial charge is 0.378 e. The van der Waals surface area contributed by atoms with Crippen LogP contribution in [0, 0.1) is 0 Å². The van der Waals surface area contributed by atoms with E-state index in [0.717, 1.165) is 5.69 Å². The Bertz CT molecular complexity index is 872. The van der Waals surface area contributed by atoms with Gasteiger partial charge < -0.3 is 10.2 Å². The van der Waals surface area contributed by atoms with Gasteiger partial charge in [-0.25, -0.2) is 8.42 Å². The Hall–Kier alpha value is -2.38. The maximum atomic E-state index is 12.7. The molecule has 0 atom stereocenters. The molecule has 2 aromatic carbocycles. The lowest BCUT2D eigenvalue weighted by atomic mass is 10.1. The minimum atomic E-state index is -3.46. The van der Waals surface area contributed by atoms with E-state index < -0.39 is 10.0 Å². The summed E-state index contributed by atoms with van der Waals surface area (Å²) in [5.74, 6) is -0.121. The molecule has 1 heterocycles. The molecule has 0 aromatic heterocycles. The lowest BCUT2D eigenvalue weighted by Crippen LogP contribution is -2.46. The summed E-state index contributed by atoms with van der Waals surface area (Å²) < 4.78 is 26.8. The monoisotopic (exact) mass is 387 g/mol. The Morgan fingerprint density at radius 1 is 1.00 bits per heavy atom. The van der Waals surface area contributed by atoms with Crippen molar-refractivity contribution in [3.05, 3.63) is 60.2 Å². The van der Waals surface area contributed by atoms with Crippen LogP contribution < -0.4 is 10.2 Å². The lowest BCUT2D eigenvalue weighted by Gasteiger charge is -2.31. The molecule has 1 amide bonds. The van der Waals surface area contributed by atoms with Gasteiger partial charge in [0.05, 0.1) is 4.90 Å². The molecule has 0 aliphatic carbocycles. The average Bonchev–Trinajstić information content (AvgIpc) is 2.69. The van der Waals surface area contributed by atoms with Crippen LogP contribution in [0.1, 0.15) is 23.2 Å². The predicted octanol–water partition coefficient (Wildman–Crippen LogP) is 2.34. The van der Waals surface area contributed by atoms with Gasteiger partial charge in [0.2, 0.25) is 10.0 Å². The standard InChI is InChI=1S/C20H25N3O3S/c1-22(2)18-10-8-16(9-11-18)20(24)21-17-12-14-23(15-13-17)27(25,26)19-6-4-3-5-7-19/h3-11,17H,12-15H2,1-2H3,(H,21,24). The van der Waals surface area contributed by atoms with Gasteiger partial charge in [0.15, 0.2) is 0 Å². The predicted molar refractivity (Wildman–Crippen MR) is 106 cm³/mol. The van der Waals surface area contributed by atoms with Gasteiger partial charge in [-0.1, -0.05) is 18.2 Å². The Kier molecular flexibility index (Phi) is 5.82. The smallest absolute Gasteiger partial charge is 0.251 e. The van der Waals surface area contributed by atoms with Gasteiger partial charge in [-0.15, -0.1) is 0 Å². The van der Waals surface area contributed by atoms with E-state index in [0.29, 0.717) is 36.4 Å². The van der Waals surface area contributed by atoms with Crippen LogP contribution in [0.3, 0.4) is 0 Å². The Morgan fingerprint density at radius 3 is 2.15 bits per heavy atom. The van der Waals surface area contributed by atoms with E-state index in [2.05, 4.69) is 5.32 Å². The van der Waals surface area contributed by atoms with Crippen molar-refractivity contribution in [1.29, 1.82) is 0 Å². The van der Waals surface area contributed by atoms with Gasteiger partial charge in [-0.2, -0.15) is 4.31 Å². The highest BCUT2D eigenvalue weighted by atomic mass is 32.2. The van der Waals surface area contributed by atoms with Crippen LogP contribution in [0.25, 0.3) is 0 Å². The topological polar surface area (TPSA) is 69.7 Å². The molecule has 2 aromatic rings. The third kappa shape index (κ3) is 4.48. The summed E-state index contributed by atoms with van der Waals surface area (Å²) in [5.41, 5.74) is 1.64. The molecule has 1 aliphatic heterocycles. The summed E-state index contributed by atoms with van der Waals surface area (Å²) in [6, 6.07) is 15.9. The molecule has 27 heavy (non-hydrogen) atoms. The van der Waals surface area contributed by atoms with Crippen molar-refractivity contribution in [3.63, 3.8) is 0 Å². The Morgan fingerprint density at radius 2 is 1.59 bits per heavy atom. The highest BCUT2D eigenvalue weighted by Gasteiger charge is 2.29. The molecular weight excluding hydrogens is 362 g/mol. The number of hydrogen-bond acceptors (Lipinski definition) is 4. The Labute approximate surface area is 160 Å².